The SMILES string of the molecule is C#C[C@@H]1CC(C(=O)OC)(C(=O)OC)C[C@H]1COC(=O)c1ccccc1. The van der Waals surface area contributed by atoms with Gasteiger partial charge in [-0.3, -0.25) is 9.59 Å². The van der Waals surface area contributed by atoms with Crippen LogP contribution in [0.5, 0.6) is 0 Å². The molecule has 0 saturated heterocycles. The quantitative estimate of drug-likeness (QED) is 0.351. The average Bonchev–Trinajstić information content (AvgIpc) is 3.05. The van der Waals surface area contributed by atoms with Crippen LogP contribution in [0.2, 0.25) is 0 Å². The predicted octanol–water partition coefficient (Wildman–Crippen LogP) is 1.84. The molecule has 6 heteroatoms. The summed E-state index contributed by atoms with van der Waals surface area (Å²) in [7, 11) is 2.42. The molecular weight excluding hydrogens is 324 g/mol. The largest absolute Gasteiger partial charge is 0.468 e. The van der Waals surface area contributed by atoms with E-state index >= 15 is 0 Å². The Morgan fingerprint density at radius 1 is 1.12 bits per heavy atom. The number of hydrogen-bond acceptors (Lipinski definition) is 6. The van der Waals surface area contributed by atoms with Crippen LogP contribution in [0.4, 0.5) is 0 Å². The van der Waals surface area contributed by atoms with Crippen molar-refractivity contribution in [1.82, 2.24) is 0 Å². The van der Waals surface area contributed by atoms with Gasteiger partial charge in [0.15, 0.2) is 5.41 Å². The van der Waals surface area contributed by atoms with Crippen molar-refractivity contribution in [3.05, 3.63) is 35.9 Å². The third kappa shape index (κ3) is 3.66. The van der Waals surface area contributed by atoms with Crippen LogP contribution in [0.3, 0.4) is 0 Å². The van der Waals surface area contributed by atoms with Crippen LogP contribution in [0.15, 0.2) is 30.3 Å². The Morgan fingerprint density at radius 3 is 2.24 bits per heavy atom. The lowest BCUT2D eigenvalue weighted by Gasteiger charge is -2.23. The topological polar surface area (TPSA) is 78.9 Å². The van der Waals surface area contributed by atoms with Gasteiger partial charge in [0.1, 0.15) is 0 Å². The molecule has 0 unspecified atom stereocenters. The minimum atomic E-state index is -1.45. The first-order valence-corrected chi connectivity index (χ1v) is 7.83. The molecule has 2 atom stereocenters. The van der Waals surface area contributed by atoms with Gasteiger partial charge in [-0.15, -0.1) is 12.3 Å². The maximum Gasteiger partial charge on any atom is 0.338 e. The van der Waals surface area contributed by atoms with E-state index < -0.39 is 29.2 Å². The van der Waals surface area contributed by atoms with E-state index in [1.807, 2.05) is 0 Å². The second-order valence-corrected chi connectivity index (χ2v) is 5.97. The van der Waals surface area contributed by atoms with Gasteiger partial charge in [-0.1, -0.05) is 18.2 Å². The second kappa shape index (κ2) is 7.84. The monoisotopic (exact) mass is 344 g/mol. The van der Waals surface area contributed by atoms with E-state index in [1.165, 1.54) is 14.2 Å². The smallest absolute Gasteiger partial charge is 0.338 e. The maximum atomic E-state index is 12.2. The molecule has 1 aliphatic carbocycles. The highest BCUT2D eigenvalue weighted by molar-refractivity contribution is 6.00. The fourth-order valence-electron chi connectivity index (χ4n) is 3.23. The van der Waals surface area contributed by atoms with Crippen molar-refractivity contribution in [3.8, 4) is 12.3 Å². The van der Waals surface area contributed by atoms with E-state index in [1.54, 1.807) is 30.3 Å². The highest BCUT2D eigenvalue weighted by Crippen LogP contribution is 2.47. The van der Waals surface area contributed by atoms with Gasteiger partial charge in [0.2, 0.25) is 0 Å². The highest BCUT2D eigenvalue weighted by atomic mass is 16.5. The molecule has 1 aromatic rings. The van der Waals surface area contributed by atoms with Gasteiger partial charge in [-0.2, -0.15) is 0 Å². The molecule has 0 spiro atoms. The van der Waals surface area contributed by atoms with Crippen molar-refractivity contribution in [3.63, 3.8) is 0 Å². The molecule has 25 heavy (non-hydrogen) atoms. The van der Waals surface area contributed by atoms with Gasteiger partial charge >= 0.3 is 17.9 Å². The molecule has 1 fully saturated rings. The van der Waals surface area contributed by atoms with E-state index in [9.17, 15) is 14.4 Å². The zero-order valence-corrected chi connectivity index (χ0v) is 14.2. The van der Waals surface area contributed by atoms with Gasteiger partial charge in [0.05, 0.1) is 26.4 Å². The van der Waals surface area contributed by atoms with Crippen molar-refractivity contribution in [2.75, 3.05) is 20.8 Å². The Morgan fingerprint density at radius 2 is 1.72 bits per heavy atom. The molecular formula is C19H20O6. The molecule has 0 bridgehead atoms. The second-order valence-electron chi connectivity index (χ2n) is 5.97. The average molecular weight is 344 g/mol. The summed E-state index contributed by atoms with van der Waals surface area (Å²) in [6.07, 6.45) is 5.77. The Bertz CT molecular complexity index is 672. The molecule has 0 aromatic heterocycles. The molecule has 0 heterocycles. The number of hydrogen-bond donors (Lipinski definition) is 0. The normalized spacial score (nSPS) is 21.0. The van der Waals surface area contributed by atoms with Gasteiger partial charge in [-0.05, 0) is 25.0 Å². The zero-order chi connectivity index (χ0) is 18.4. The fraction of sp³-hybridized carbons (Fsp3) is 0.421. The molecule has 132 valence electrons. The number of carbonyl (C=O) groups excluding carboxylic acids is 3. The minimum absolute atomic E-state index is 0.0122. The summed E-state index contributed by atoms with van der Waals surface area (Å²) in [6.45, 7) is 0.0122. The lowest BCUT2D eigenvalue weighted by Crippen LogP contribution is -2.39. The molecule has 2 rings (SSSR count). The van der Waals surface area contributed by atoms with Gasteiger partial charge in [0.25, 0.3) is 0 Å². The first-order valence-electron chi connectivity index (χ1n) is 7.83. The molecule has 1 saturated carbocycles. The minimum Gasteiger partial charge on any atom is -0.468 e. The van der Waals surface area contributed by atoms with Crippen LogP contribution < -0.4 is 0 Å². The van der Waals surface area contributed by atoms with Crippen LogP contribution >= 0.6 is 0 Å². The summed E-state index contributed by atoms with van der Waals surface area (Å²) in [5, 5.41) is 0. The summed E-state index contributed by atoms with van der Waals surface area (Å²) < 4.78 is 14.9. The number of ether oxygens (including phenoxy) is 3. The number of methoxy groups -OCH3 is 2. The van der Waals surface area contributed by atoms with Crippen LogP contribution in [-0.2, 0) is 23.8 Å². The number of benzene rings is 1. The van der Waals surface area contributed by atoms with Gasteiger partial charge in [0, 0.05) is 11.8 Å². The molecule has 6 nitrogen and oxygen atoms in total. The van der Waals surface area contributed by atoms with Crippen LogP contribution in [0, 0.1) is 29.6 Å². The van der Waals surface area contributed by atoms with Gasteiger partial charge in [-0.25, -0.2) is 4.79 Å². The maximum absolute atomic E-state index is 12.2. The number of esters is 3. The molecule has 1 aliphatic rings. The Labute approximate surface area is 146 Å². The third-order valence-electron chi connectivity index (χ3n) is 4.55. The first-order chi connectivity index (χ1) is 12.0. The van der Waals surface area contributed by atoms with E-state index in [4.69, 9.17) is 20.6 Å². The van der Waals surface area contributed by atoms with Crippen molar-refractivity contribution < 1.29 is 28.6 Å². The lowest BCUT2D eigenvalue weighted by molar-refractivity contribution is -0.169. The number of rotatable bonds is 5. The Hall–Kier alpha value is -2.81. The summed E-state index contributed by atoms with van der Waals surface area (Å²) >= 11 is 0. The molecule has 0 amide bonds. The number of carbonyl (C=O) groups is 3. The lowest BCUT2D eigenvalue weighted by atomic mass is 9.85. The fourth-order valence-corrected chi connectivity index (χ4v) is 3.23. The van der Waals surface area contributed by atoms with Crippen molar-refractivity contribution >= 4 is 17.9 Å². The van der Waals surface area contributed by atoms with Crippen molar-refractivity contribution in [2.45, 2.75) is 12.8 Å². The summed E-state index contributed by atoms with van der Waals surface area (Å²) in [5.41, 5.74) is -1.03. The molecule has 1 aromatic carbocycles. The first kappa shape index (κ1) is 18.5. The van der Waals surface area contributed by atoms with Crippen molar-refractivity contribution in [1.29, 1.82) is 0 Å². The number of terminal acetylenes is 1. The van der Waals surface area contributed by atoms with E-state index in [0.29, 0.717) is 5.56 Å². The Kier molecular flexibility index (Phi) is 5.81. The molecule has 0 aliphatic heterocycles. The predicted molar refractivity (Wildman–Crippen MR) is 88.2 cm³/mol. The van der Waals surface area contributed by atoms with Crippen LogP contribution in [0.25, 0.3) is 0 Å². The van der Waals surface area contributed by atoms with Crippen LogP contribution in [0.1, 0.15) is 23.2 Å². The van der Waals surface area contributed by atoms with Gasteiger partial charge < -0.3 is 14.2 Å². The van der Waals surface area contributed by atoms with E-state index in [-0.39, 0.29) is 25.4 Å². The van der Waals surface area contributed by atoms with E-state index in [0.717, 1.165) is 0 Å². The zero-order valence-electron chi connectivity index (χ0n) is 14.2. The van der Waals surface area contributed by atoms with Crippen LogP contribution in [-0.4, -0.2) is 38.7 Å². The third-order valence-corrected chi connectivity index (χ3v) is 4.55. The standard InChI is InChI=1S/C19H20O6/c1-4-13-10-19(17(21)23-2,18(22)24-3)11-15(13)12-25-16(20)14-8-6-5-7-9-14/h1,5-9,13,15H,10-12H2,2-3H3/t13-,15+/m1/s1. The summed E-state index contributed by atoms with van der Waals surface area (Å²) in [5.74, 6) is -0.00405. The summed E-state index contributed by atoms with van der Waals surface area (Å²) in [4.78, 5) is 36.5. The highest BCUT2D eigenvalue weighted by Gasteiger charge is 2.57. The summed E-state index contributed by atoms with van der Waals surface area (Å²) in [6, 6.07) is 8.54. The van der Waals surface area contributed by atoms with Crippen molar-refractivity contribution in [2.24, 2.45) is 17.3 Å². The molecule has 0 N–H and O–H groups in total. The Balaban J connectivity index is 2.13. The van der Waals surface area contributed by atoms with E-state index in [2.05, 4.69) is 5.92 Å². The molecule has 0 radical (unpaired) electrons.